The largest absolute Gasteiger partial charge is 0.284 e. The first-order valence-electron chi connectivity index (χ1n) is 6.03. The highest BCUT2D eigenvalue weighted by Gasteiger charge is 2.18. The van der Waals surface area contributed by atoms with Crippen molar-refractivity contribution in [2.45, 2.75) is 26.8 Å². The Hall–Kier alpha value is -2.30. The van der Waals surface area contributed by atoms with Crippen LogP contribution in [0.3, 0.4) is 0 Å². The summed E-state index contributed by atoms with van der Waals surface area (Å²) < 4.78 is 0. The van der Waals surface area contributed by atoms with Gasteiger partial charge < -0.3 is 0 Å². The van der Waals surface area contributed by atoms with Crippen LogP contribution in [0.15, 0.2) is 34.3 Å². The lowest BCUT2D eigenvalue weighted by Gasteiger charge is -2.11. The summed E-state index contributed by atoms with van der Waals surface area (Å²) in [4.78, 5) is 19.4. The van der Waals surface area contributed by atoms with Gasteiger partial charge in [-0.1, -0.05) is 6.07 Å². The van der Waals surface area contributed by atoms with Crippen LogP contribution >= 0.6 is 0 Å². The summed E-state index contributed by atoms with van der Waals surface area (Å²) in [5, 5.41) is 11.1. The first-order chi connectivity index (χ1) is 9.00. The summed E-state index contributed by atoms with van der Waals surface area (Å²) in [5.74, 6) is 0. The van der Waals surface area contributed by atoms with Gasteiger partial charge in [-0.2, -0.15) is 0 Å². The summed E-state index contributed by atoms with van der Waals surface area (Å²) in [5.41, 5.74) is 2.81. The number of aliphatic imine (C=N–C) groups is 2. The Morgan fingerprint density at radius 3 is 2.74 bits per heavy atom. The number of dihydropyridines is 1. The lowest BCUT2D eigenvalue weighted by atomic mass is 10.1. The van der Waals surface area contributed by atoms with Crippen molar-refractivity contribution in [2.75, 3.05) is 0 Å². The van der Waals surface area contributed by atoms with Crippen molar-refractivity contribution in [2.24, 2.45) is 9.98 Å². The highest BCUT2D eigenvalue weighted by atomic mass is 16.6. The fourth-order valence-electron chi connectivity index (χ4n) is 2.03. The fraction of sp³-hybridized carbons (Fsp3) is 0.286. The maximum atomic E-state index is 11.1. The second kappa shape index (κ2) is 5.14. The number of aryl methyl sites for hydroxylation is 1. The minimum Gasteiger partial charge on any atom is -0.284 e. The summed E-state index contributed by atoms with van der Waals surface area (Å²) in [6.45, 7) is 5.40. The smallest absolute Gasteiger partial charge is 0.277 e. The van der Waals surface area contributed by atoms with Gasteiger partial charge in [-0.05, 0) is 39.0 Å². The summed E-state index contributed by atoms with van der Waals surface area (Å²) in [7, 11) is 0. The van der Waals surface area contributed by atoms with Gasteiger partial charge in [-0.15, -0.1) is 0 Å². The van der Waals surface area contributed by atoms with E-state index in [2.05, 4.69) is 9.98 Å². The van der Waals surface area contributed by atoms with Crippen molar-refractivity contribution in [1.29, 1.82) is 0 Å². The molecule has 0 aliphatic carbocycles. The molecule has 1 aromatic carbocycles. The molecule has 5 nitrogen and oxygen atoms in total. The molecule has 1 unspecified atom stereocenters. The molecule has 0 amide bonds. The van der Waals surface area contributed by atoms with E-state index in [0.29, 0.717) is 16.8 Å². The van der Waals surface area contributed by atoms with E-state index in [4.69, 9.17) is 0 Å². The third-order valence-corrected chi connectivity index (χ3v) is 3.13. The maximum Gasteiger partial charge on any atom is 0.277 e. The molecule has 0 N–H and O–H groups in total. The SMILES string of the molecule is Cc1ccc(N=C2C=CC=NC2C)c(C)c1[N+](=O)[O-]. The van der Waals surface area contributed by atoms with Gasteiger partial charge in [0.1, 0.15) is 0 Å². The molecule has 0 fully saturated rings. The highest BCUT2D eigenvalue weighted by Crippen LogP contribution is 2.31. The minimum absolute atomic E-state index is 0.0234. The van der Waals surface area contributed by atoms with Gasteiger partial charge >= 0.3 is 0 Å². The van der Waals surface area contributed by atoms with Crippen LogP contribution in [-0.2, 0) is 0 Å². The molecule has 19 heavy (non-hydrogen) atoms. The average molecular weight is 257 g/mol. The number of allylic oxidation sites excluding steroid dienone is 1. The highest BCUT2D eigenvalue weighted by molar-refractivity contribution is 6.05. The molecule has 0 bridgehead atoms. The van der Waals surface area contributed by atoms with Gasteiger partial charge in [0.2, 0.25) is 0 Å². The topological polar surface area (TPSA) is 67.9 Å². The Morgan fingerprint density at radius 2 is 2.11 bits per heavy atom. The Balaban J connectivity index is 2.50. The van der Waals surface area contributed by atoms with Crippen LogP contribution in [0.25, 0.3) is 0 Å². The van der Waals surface area contributed by atoms with E-state index in [1.165, 1.54) is 0 Å². The lowest BCUT2D eigenvalue weighted by molar-refractivity contribution is -0.386. The van der Waals surface area contributed by atoms with Crippen LogP contribution in [-0.4, -0.2) is 22.9 Å². The lowest BCUT2D eigenvalue weighted by Crippen LogP contribution is -2.14. The Kier molecular flexibility index (Phi) is 3.55. The molecule has 5 heteroatoms. The van der Waals surface area contributed by atoms with Crippen molar-refractivity contribution in [1.82, 2.24) is 0 Å². The molecular weight excluding hydrogens is 242 g/mol. The molecule has 2 rings (SSSR count). The standard InChI is InChI=1S/C14H15N3O2/c1-9-6-7-12(10(2)14(9)17(18)19)16-13-5-4-8-15-11(13)3/h4-8,11H,1-3H3. The number of hydrogen-bond acceptors (Lipinski definition) is 4. The molecule has 0 saturated heterocycles. The summed E-state index contributed by atoms with van der Waals surface area (Å²) >= 11 is 0. The number of nitrogens with zero attached hydrogens (tertiary/aromatic N) is 3. The van der Waals surface area contributed by atoms with Crippen molar-refractivity contribution < 1.29 is 4.92 Å². The third-order valence-electron chi connectivity index (χ3n) is 3.13. The van der Waals surface area contributed by atoms with E-state index in [-0.39, 0.29) is 16.7 Å². The zero-order valence-electron chi connectivity index (χ0n) is 11.1. The van der Waals surface area contributed by atoms with Gasteiger partial charge in [0.05, 0.1) is 27.9 Å². The van der Waals surface area contributed by atoms with Crippen molar-refractivity contribution in [3.8, 4) is 0 Å². The van der Waals surface area contributed by atoms with Gasteiger partial charge in [0.25, 0.3) is 5.69 Å². The van der Waals surface area contributed by atoms with Crippen molar-refractivity contribution in [3.05, 3.63) is 45.5 Å². The third kappa shape index (κ3) is 2.59. The molecule has 1 aliphatic rings. The van der Waals surface area contributed by atoms with E-state index in [0.717, 1.165) is 5.71 Å². The Labute approximate surface area is 111 Å². The monoisotopic (exact) mass is 257 g/mol. The number of benzene rings is 1. The number of nitro groups is 1. The molecule has 1 atom stereocenters. The predicted octanol–water partition coefficient (Wildman–Crippen LogP) is 3.31. The molecule has 1 aliphatic heterocycles. The molecule has 98 valence electrons. The van der Waals surface area contributed by atoms with Crippen LogP contribution in [0.4, 0.5) is 11.4 Å². The average Bonchev–Trinajstić information content (AvgIpc) is 2.35. The fourth-order valence-corrected chi connectivity index (χ4v) is 2.03. The Morgan fingerprint density at radius 1 is 1.37 bits per heavy atom. The number of nitro benzene ring substituents is 1. The van der Waals surface area contributed by atoms with Gasteiger partial charge in [0, 0.05) is 11.8 Å². The quantitative estimate of drug-likeness (QED) is 0.602. The molecule has 0 radical (unpaired) electrons. The van der Waals surface area contributed by atoms with E-state index >= 15 is 0 Å². The molecule has 0 spiro atoms. The van der Waals surface area contributed by atoms with E-state index in [1.807, 2.05) is 25.1 Å². The molecular formula is C14H15N3O2. The molecule has 0 aromatic heterocycles. The normalized spacial score (nSPS) is 19.9. The molecule has 1 heterocycles. The van der Waals surface area contributed by atoms with Gasteiger partial charge in [-0.25, -0.2) is 0 Å². The first-order valence-corrected chi connectivity index (χ1v) is 6.03. The van der Waals surface area contributed by atoms with Crippen molar-refractivity contribution >= 4 is 23.3 Å². The Bertz CT molecular complexity index is 615. The predicted molar refractivity (Wildman–Crippen MR) is 76.8 cm³/mol. The van der Waals surface area contributed by atoms with Crippen LogP contribution in [0.1, 0.15) is 18.1 Å². The van der Waals surface area contributed by atoms with Crippen LogP contribution in [0.5, 0.6) is 0 Å². The maximum absolute atomic E-state index is 11.1. The van der Waals surface area contributed by atoms with E-state index in [9.17, 15) is 10.1 Å². The summed E-state index contributed by atoms with van der Waals surface area (Å²) in [6, 6.07) is 3.51. The van der Waals surface area contributed by atoms with E-state index < -0.39 is 0 Å². The number of hydrogen-bond donors (Lipinski definition) is 0. The van der Waals surface area contributed by atoms with Crippen LogP contribution < -0.4 is 0 Å². The van der Waals surface area contributed by atoms with Crippen LogP contribution in [0.2, 0.25) is 0 Å². The second-order valence-corrected chi connectivity index (χ2v) is 4.50. The van der Waals surface area contributed by atoms with Gasteiger partial charge in [0.15, 0.2) is 0 Å². The minimum atomic E-state index is -0.355. The van der Waals surface area contributed by atoms with E-state index in [1.54, 1.807) is 26.1 Å². The van der Waals surface area contributed by atoms with Crippen LogP contribution in [0, 0.1) is 24.0 Å². The zero-order chi connectivity index (χ0) is 14.0. The number of rotatable bonds is 2. The van der Waals surface area contributed by atoms with Crippen molar-refractivity contribution in [3.63, 3.8) is 0 Å². The molecule has 0 saturated carbocycles. The molecule has 1 aromatic rings. The first kappa shape index (κ1) is 13.1. The summed E-state index contributed by atoms with van der Waals surface area (Å²) in [6.07, 6.45) is 5.42. The zero-order valence-corrected chi connectivity index (χ0v) is 11.1. The van der Waals surface area contributed by atoms with Gasteiger partial charge in [-0.3, -0.25) is 20.1 Å². The second-order valence-electron chi connectivity index (χ2n) is 4.50.